The molecule has 2 aromatic heterocycles. The van der Waals surface area contributed by atoms with Crippen molar-refractivity contribution >= 4 is 5.57 Å². The third-order valence-electron chi connectivity index (χ3n) is 5.77. The third-order valence-corrected chi connectivity index (χ3v) is 5.77. The molecular formula is C27H26F3N3O5. The van der Waals surface area contributed by atoms with E-state index in [4.69, 9.17) is 13.7 Å². The number of rotatable bonds is 7. The van der Waals surface area contributed by atoms with E-state index < -0.39 is 23.2 Å². The fourth-order valence-corrected chi connectivity index (χ4v) is 3.86. The highest BCUT2D eigenvalue weighted by molar-refractivity contribution is 5.70. The van der Waals surface area contributed by atoms with Gasteiger partial charge in [0.15, 0.2) is 0 Å². The van der Waals surface area contributed by atoms with Crippen LogP contribution in [0.25, 0.3) is 17.0 Å². The number of H-pyrrole nitrogens is 1. The van der Waals surface area contributed by atoms with Crippen LogP contribution in [0, 0.1) is 12.3 Å². The number of ether oxygens (including phenoxy) is 1. The molecule has 4 rings (SSSR count). The van der Waals surface area contributed by atoms with Crippen LogP contribution in [0.4, 0.5) is 13.2 Å². The molecule has 0 saturated carbocycles. The molecule has 0 radical (unpaired) electrons. The van der Waals surface area contributed by atoms with Crippen molar-refractivity contribution in [2.45, 2.75) is 47.0 Å². The molecular weight excluding hydrogens is 503 g/mol. The van der Waals surface area contributed by atoms with Gasteiger partial charge >= 0.3 is 17.6 Å². The number of aryl methyl sites for hydroxylation is 1. The van der Waals surface area contributed by atoms with Crippen molar-refractivity contribution in [3.63, 3.8) is 0 Å². The molecule has 2 aromatic carbocycles. The van der Waals surface area contributed by atoms with Gasteiger partial charge in [0.2, 0.25) is 5.89 Å². The number of nitrogens with zero attached hydrogens (tertiary/aromatic N) is 2. The molecule has 200 valence electrons. The van der Waals surface area contributed by atoms with E-state index in [1.165, 1.54) is 12.1 Å². The maximum atomic E-state index is 12.8. The summed E-state index contributed by atoms with van der Waals surface area (Å²) in [5.74, 6) is 0.431. The Hall–Kier alpha value is -4.28. The van der Waals surface area contributed by atoms with E-state index >= 15 is 0 Å². The molecule has 1 N–H and O–H groups in total. The quantitative estimate of drug-likeness (QED) is 0.324. The van der Waals surface area contributed by atoms with Gasteiger partial charge in [0.25, 0.3) is 0 Å². The highest BCUT2D eigenvalue weighted by Gasteiger charge is 2.30. The number of allylic oxidation sites excluding steroid dienone is 2. The van der Waals surface area contributed by atoms with Crippen LogP contribution >= 0.6 is 0 Å². The third kappa shape index (κ3) is 6.16. The number of nitrogens with one attached hydrogen (secondary N) is 1. The summed E-state index contributed by atoms with van der Waals surface area (Å²) >= 11 is 0. The molecule has 0 saturated heterocycles. The van der Waals surface area contributed by atoms with Gasteiger partial charge < -0.3 is 13.7 Å². The lowest BCUT2D eigenvalue weighted by atomic mass is 9.82. The number of hydrogen-bond acceptors (Lipinski definition) is 6. The highest BCUT2D eigenvalue weighted by atomic mass is 19.4. The number of aromatic nitrogens is 3. The summed E-state index contributed by atoms with van der Waals surface area (Å²) in [6.45, 7) is 7.91. The Kier molecular flexibility index (Phi) is 7.21. The number of halogens is 3. The molecule has 0 amide bonds. The molecule has 0 spiro atoms. The average molecular weight is 530 g/mol. The van der Waals surface area contributed by atoms with Crippen LogP contribution in [-0.2, 0) is 19.3 Å². The van der Waals surface area contributed by atoms with Gasteiger partial charge in [-0.2, -0.15) is 13.2 Å². The van der Waals surface area contributed by atoms with Crippen molar-refractivity contribution < 1.29 is 26.8 Å². The van der Waals surface area contributed by atoms with Gasteiger partial charge in [-0.1, -0.05) is 39.0 Å². The van der Waals surface area contributed by atoms with E-state index in [0.29, 0.717) is 22.8 Å². The lowest BCUT2D eigenvalue weighted by Crippen LogP contribution is -2.17. The zero-order valence-corrected chi connectivity index (χ0v) is 21.2. The van der Waals surface area contributed by atoms with Crippen LogP contribution in [0.3, 0.4) is 0 Å². The van der Waals surface area contributed by atoms with Gasteiger partial charge in [-0.3, -0.25) is 0 Å². The fraction of sp³-hybridized carbons (Fsp3) is 0.296. The number of alkyl halides is 3. The van der Waals surface area contributed by atoms with Gasteiger partial charge in [0, 0.05) is 5.56 Å². The molecule has 38 heavy (non-hydrogen) atoms. The Bertz CT molecular complexity index is 1570. The number of benzene rings is 2. The predicted molar refractivity (Wildman–Crippen MR) is 133 cm³/mol. The largest absolute Gasteiger partial charge is 0.487 e. The van der Waals surface area contributed by atoms with E-state index in [1.54, 1.807) is 13.0 Å². The van der Waals surface area contributed by atoms with Gasteiger partial charge in [-0.15, -0.1) is 4.74 Å². The van der Waals surface area contributed by atoms with Crippen molar-refractivity contribution in [2.24, 2.45) is 5.41 Å². The first kappa shape index (κ1) is 26.8. The van der Waals surface area contributed by atoms with Crippen molar-refractivity contribution in [1.82, 2.24) is 14.7 Å². The Morgan fingerprint density at radius 3 is 2.42 bits per heavy atom. The maximum absolute atomic E-state index is 12.8. The topological polar surface area (TPSA) is 103 Å². The van der Waals surface area contributed by atoms with Gasteiger partial charge in [0.1, 0.15) is 23.8 Å². The summed E-state index contributed by atoms with van der Waals surface area (Å²) in [7, 11) is 0. The summed E-state index contributed by atoms with van der Waals surface area (Å²) in [5, 5.41) is 0. The van der Waals surface area contributed by atoms with Crippen molar-refractivity contribution in [3.05, 3.63) is 98.2 Å². The minimum Gasteiger partial charge on any atom is -0.487 e. The Morgan fingerprint density at radius 2 is 1.82 bits per heavy atom. The zero-order chi connectivity index (χ0) is 27.7. The van der Waals surface area contributed by atoms with E-state index in [2.05, 4.69) is 9.97 Å². The van der Waals surface area contributed by atoms with Crippen LogP contribution < -0.4 is 16.2 Å². The van der Waals surface area contributed by atoms with Crippen LogP contribution in [0.5, 0.6) is 5.75 Å². The van der Waals surface area contributed by atoms with Crippen LogP contribution in [0.2, 0.25) is 0 Å². The van der Waals surface area contributed by atoms with Gasteiger partial charge in [-0.05, 0) is 59.9 Å². The van der Waals surface area contributed by atoms with Crippen molar-refractivity contribution in [1.29, 1.82) is 0 Å². The minimum atomic E-state index is -4.42. The van der Waals surface area contributed by atoms with Gasteiger partial charge in [-0.25, -0.2) is 19.6 Å². The summed E-state index contributed by atoms with van der Waals surface area (Å²) < 4.78 is 55.9. The summed E-state index contributed by atoms with van der Waals surface area (Å²) in [4.78, 5) is 29.5. The first-order valence-corrected chi connectivity index (χ1v) is 11.7. The molecule has 2 heterocycles. The maximum Gasteiger partial charge on any atom is 0.440 e. The summed E-state index contributed by atoms with van der Waals surface area (Å²) in [6, 6.07) is 12.0. The van der Waals surface area contributed by atoms with Crippen LogP contribution in [0.1, 0.15) is 43.4 Å². The molecule has 0 aliphatic heterocycles. The highest BCUT2D eigenvalue weighted by Crippen LogP contribution is 2.36. The minimum absolute atomic E-state index is 0.0696. The van der Waals surface area contributed by atoms with E-state index in [1.807, 2.05) is 45.0 Å². The van der Waals surface area contributed by atoms with E-state index in [-0.39, 0.29) is 24.5 Å². The molecule has 4 aromatic rings. The monoisotopic (exact) mass is 529 g/mol. The Labute approximate surface area is 215 Å². The van der Waals surface area contributed by atoms with Crippen molar-refractivity contribution in [2.75, 3.05) is 0 Å². The molecule has 8 nitrogen and oxygen atoms in total. The molecule has 0 unspecified atom stereocenters. The van der Waals surface area contributed by atoms with E-state index in [9.17, 15) is 22.8 Å². The second-order valence-electron chi connectivity index (χ2n) is 9.65. The first-order valence-electron chi connectivity index (χ1n) is 11.7. The van der Waals surface area contributed by atoms with Gasteiger partial charge in [0.05, 0.1) is 12.1 Å². The van der Waals surface area contributed by atoms with Crippen LogP contribution in [0.15, 0.2) is 73.1 Å². The standard InChI is InChI=1S/C27H26F3N3O5/c1-16-22(31-23(37-16)17-8-10-19(11-9-17)27(28,29)30)15-36-20-7-5-6-18(14-20)21(26(2,3)4)12-13-33-24(34)32-25(35)38-33/h5-12,14H,13,15H2,1-4H3,(H,32,34,35)/b21-12-. The molecule has 0 aliphatic rings. The smallest absolute Gasteiger partial charge is 0.440 e. The second kappa shape index (κ2) is 10.2. The van der Waals surface area contributed by atoms with E-state index in [0.717, 1.165) is 28.0 Å². The normalized spacial score (nSPS) is 12.7. The molecule has 0 aliphatic carbocycles. The Morgan fingerprint density at radius 1 is 1.11 bits per heavy atom. The molecule has 11 heteroatoms. The number of hydrogen-bond donors (Lipinski definition) is 1. The lowest BCUT2D eigenvalue weighted by molar-refractivity contribution is -0.137. The molecule has 0 fully saturated rings. The number of aromatic amines is 1. The first-order chi connectivity index (χ1) is 17.8. The lowest BCUT2D eigenvalue weighted by Gasteiger charge is -2.24. The SMILES string of the molecule is Cc1oc(-c2ccc(C(F)(F)F)cc2)nc1COc1cccc(/C(=C/Cn2oc(=O)[nH]c2=O)C(C)(C)C)c1. The van der Waals surface area contributed by atoms with Crippen molar-refractivity contribution in [3.8, 4) is 17.2 Å². The average Bonchev–Trinajstić information content (AvgIpc) is 3.37. The molecule has 0 bridgehead atoms. The zero-order valence-electron chi connectivity index (χ0n) is 21.2. The van der Waals surface area contributed by atoms with Crippen LogP contribution in [-0.4, -0.2) is 14.7 Å². The predicted octanol–water partition coefficient (Wildman–Crippen LogP) is 5.82. The fourth-order valence-electron chi connectivity index (χ4n) is 3.86. The molecule has 0 atom stereocenters. The second-order valence-corrected chi connectivity index (χ2v) is 9.65. The summed E-state index contributed by atoms with van der Waals surface area (Å²) in [5.41, 5.74) is 1.00. The number of oxazole rings is 1. The summed E-state index contributed by atoms with van der Waals surface area (Å²) in [6.07, 6.45) is -2.61. The Balaban J connectivity index is 1.51.